The van der Waals surface area contributed by atoms with Gasteiger partial charge >= 0.3 is 0 Å². The summed E-state index contributed by atoms with van der Waals surface area (Å²) in [7, 11) is 0. The molecule has 2 aromatic rings. The van der Waals surface area contributed by atoms with Crippen molar-refractivity contribution in [3.63, 3.8) is 0 Å². The van der Waals surface area contributed by atoms with Crippen molar-refractivity contribution in [3.05, 3.63) is 71.8 Å². The molecule has 0 aliphatic carbocycles. The monoisotopic (exact) mass is 436 g/mol. The molecule has 0 aliphatic rings. The Morgan fingerprint density at radius 2 is 1.56 bits per heavy atom. The fourth-order valence-electron chi connectivity index (χ4n) is 3.09. The maximum Gasteiger partial charge on any atom is 0.185 e. The van der Waals surface area contributed by atoms with E-state index in [0.717, 1.165) is 35.5 Å². The quantitative estimate of drug-likeness (QED) is 0.204. The second-order valence-electron chi connectivity index (χ2n) is 8.65. The highest BCUT2D eigenvalue weighted by Crippen LogP contribution is 2.37. The van der Waals surface area contributed by atoms with Crippen molar-refractivity contribution in [2.75, 3.05) is 19.8 Å². The van der Waals surface area contributed by atoms with Gasteiger partial charge < -0.3 is 14.2 Å². The molecule has 0 saturated carbocycles. The first-order valence-corrected chi connectivity index (χ1v) is 11.3. The third-order valence-electron chi connectivity index (χ3n) is 4.76. The summed E-state index contributed by atoms with van der Waals surface area (Å²) in [6.45, 7) is 15.9. The molecule has 0 unspecified atom stereocenters. The van der Waals surface area contributed by atoms with E-state index in [-0.39, 0.29) is 11.2 Å². The van der Waals surface area contributed by atoms with Crippen LogP contribution in [-0.4, -0.2) is 25.6 Å². The Morgan fingerprint density at radius 1 is 0.938 bits per heavy atom. The highest BCUT2D eigenvalue weighted by atomic mass is 16.5. The molecule has 32 heavy (non-hydrogen) atoms. The van der Waals surface area contributed by atoms with Gasteiger partial charge in [0.15, 0.2) is 5.78 Å². The minimum atomic E-state index is -0.111. The first-order chi connectivity index (χ1) is 15.3. The second kappa shape index (κ2) is 12.1. The molecule has 0 fully saturated rings. The Labute approximate surface area is 192 Å². The fourth-order valence-corrected chi connectivity index (χ4v) is 3.09. The van der Waals surface area contributed by atoms with Crippen LogP contribution >= 0.6 is 0 Å². The van der Waals surface area contributed by atoms with E-state index < -0.39 is 0 Å². The predicted molar refractivity (Wildman–Crippen MR) is 132 cm³/mol. The lowest BCUT2D eigenvalue weighted by Gasteiger charge is -2.25. The molecule has 4 nitrogen and oxygen atoms in total. The van der Waals surface area contributed by atoms with Gasteiger partial charge in [-0.3, -0.25) is 4.79 Å². The van der Waals surface area contributed by atoms with E-state index in [4.69, 9.17) is 14.2 Å². The summed E-state index contributed by atoms with van der Waals surface area (Å²) in [5.74, 6) is 2.19. The molecule has 2 aromatic carbocycles. The Balaban J connectivity index is 2.35. The van der Waals surface area contributed by atoms with E-state index in [1.807, 2.05) is 12.1 Å². The maximum atomic E-state index is 12.7. The van der Waals surface area contributed by atoms with E-state index in [1.54, 1.807) is 36.4 Å². The zero-order valence-electron chi connectivity index (χ0n) is 20.1. The summed E-state index contributed by atoms with van der Waals surface area (Å²) in [5.41, 5.74) is 2.44. The van der Waals surface area contributed by atoms with Gasteiger partial charge in [0, 0.05) is 22.8 Å². The summed E-state index contributed by atoms with van der Waals surface area (Å²) in [6, 6.07) is 11.1. The molecule has 0 saturated heterocycles. The van der Waals surface area contributed by atoms with E-state index in [2.05, 4.69) is 47.3 Å². The van der Waals surface area contributed by atoms with E-state index in [0.29, 0.717) is 31.1 Å². The van der Waals surface area contributed by atoms with Gasteiger partial charge in [-0.1, -0.05) is 47.3 Å². The van der Waals surface area contributed by atoms with Crippen LogP contribution < -0.4 is 14.2 Å². The van der Waals surface area contributed by atoms with Gasteiger partial charge in [-0.15, -0.1) is 0 Å². The van der Waals surface area contributed by atoms with Crippen LogP contribution in [0.5, 0.6) is 17.2 Å². The highest BCUT2D eigenvalue weighted by Gasteiger charge is 2.22. The van der Waals surface area contributed by atoms with Crippen molar-refractivity contribution in [2.45, 2.75) is 52.9 Å². The molecule has 0 aromatic heterocycles. The number of ketones is 1. The van der Waals surface area contributed by atoms with Crippen molar-refractivity contribution in [1.82, 2.24) is 0 Å². The number of hydrogen-bond acceptors (Lipinski definition) is 4. The van der Waals surface area contributed by atoms with Gasteiger partial charge in [0.05, 0.1) is 13.2 Å². The van der Waals surface area contributed by atoms with Crippen LogP contribution in [0.4, 0.5) is 0 Å². The Morgan fingerprint density at radius 3 is 2.12 bits per heavy atom. The number of ether oxygens (including phenoxy) is 3. The lowest BCUT2D eigenvalue weighted by atomic mass is 9.85. The predicted octanol–water partition coefficient (Wildman–Crippen LogP) is 7.02. The van der Waals surface area contributed by atoms with Gasteiger partial charge in [0.1, 0.15) is 23.9 Å². The molecule has 0 heterocycles. The van der Waals surface area contributed by atoms with Crippen LogP contribution in [0, 0.1) is 0 Å². The zero-order valence-corrected chi connectivity index (χ0v) is 20.1. The van der Waals surface area contributed by atoms with Crippen LogP contribution in [0.3, 0.4) is 0 Å². The average Bonchev–Trinajstić information content (AvgIpc) is 2.78. The first-order valence-electron chi connectivity index (χ1n) is 11.3. The topological polar surface area (TPSA) is 44.8 Å². The average molecular weight is 437 g/mol. The largest absolute Gasteiger partial charge is 0.493 e. The summed E-state index contributed by atoms with van der Waals surface area (Å²) >= 11 is 0. The number of rotatable bonds is 12. The molecule has 0 spiro atoms. The Kier molecular flexibility index (Phi) is 9.58. The fraction of sp³-hybridized carbons (Fsp3) is 0.393. The molecular formula is C28H36O4. The van der Waals surface area contributed by atoms with Crippen LogP contribution in [0.2, 0.25) is 0 Å². The highest BCUT2D eigenvalue weighted by molar-refractivity contribution is 6.07. The van der Waals surface area contributed by atoms with Crippen LogP contribution in [0.25, 0.3) is 6.08 Å². The van der Waals surface area contributed by atoms with Crippen LogP contribution in [0.15, 0.2) is 55.1 Å². The van der Waals surface area contributed by atoms with Crippen molar-refractivity contribution in [1.29, 1.82) is 0 Å². The summed E-state index contributed by atoms with van der Waals surface area (Å²) in [6.07, 6.45) is 6.93. The van der Waals surface area contributed by atoms with Gasteiger partial charge in [0.25, 0.3) is 0 Å². The normalized spacial score (nSPS) is 11.4. The van der Waals surface area contributed by atoms with Gasteiger partial charge in [-0.2, -0.15) is 0 Å². The molecule has 0 aliphatic heterocycles. The molecular weight excluding hydrogens is 400 g/mol. The van der Waals surface area contributed by atoms with Crippen molar-refractivity contribution < 1.29 is 19.0 Å². The maximum absolute atomic E-state index is 12.7. The van der Waals surface area contributed by atoms with Crippen molar-refractivity contribution >= 4 is 11.9 Å². The third-order valence-corrected chi connectivity index (χ3v) is 4.76. The molecule has 0 radical (unpaired) electrons. The standard InChI is InChI=1S/C28H36O4/c1-7-16-30-23-13-10-21(11-14-23)25(29)15-12-22-19-24(28(4,5)6)27(32-18-9-3)20-26(22)31-17-8-2/h7,10-15,19-20H,1,8-9,16-18H2,2-6H3. The molecule has 172 valence electrons. The summed E-state index contributed by atoms with van der Waals surface area (Å²) < 4.78 is 17.5. The second-order valence-corrected chi connectivity index (χ2v) is 8.65. The van der Waals surface area contributed by atoms with E-state index in [1.165, 1.54) is 0 Å². The number of hydrogen-bond donors (Lipinski definition) is 0. The van der Waals surface area contributed by atoms with E-state index in [9.17, 15) is 4.79 Å². The first kappa shape index (κ1) is 25.3. The number of carbonyl (C=O) groups excluding carboxylic acids is 1. The van der Waals surface area contributed by atoms with Crippen molar-refractivity contribution in [3.8, 4) is 17.2 Å². The molecule has 4 heteroatoms. The number of carbonyl (C=O) groups is 1. The zero-order chi connectivity index (χ0) is 23.6. The summed E-state index contributed by atoms with van der Waals surface area (Å²) in [5, 5.41) is 0. The van der Waals surface area contributed by atoms with E-state index >= 15 is 0 Å². The number of benzene rings is 2. The smallest absolute Gasteiger partial charge is 0.185 e. The lowest BCUT2D eigenvalue weighted by molar-refractivity contribution is 0.104. The molecule has 0 atom stereocenters. The molecule has 0 amide bonds. The SMILES string of the molecule is C=CCOc1ccc(C(=O)C=Cc2cc(C(C)(C)C)c(OCCC)cc2OCCC)cc1. The van der Waals surface area contributed by atoms with Gasteiger partial charge in [-0.05, 0) is 60.7 Å². The molecule has 2 rings (SSSR count). The number of allylic oxidation sites excluding steroid dienone is 1. The Hall–Kier alpha value is -3.01. The van der Waals surface area contributed by atoms with Crippen molar-refractivity contribution in [2.24, 2.45) is 0 Å². The minimum Gasteiger partial charge on any atom is -0.493 e. The van der Waals surface area contributed by atoms with Crippen LogP contribution in [0.1, 0.15) is 68.9 Å². The third kappa shape index (κ3) is 7.30. The summed E-state index contributed by atoms with van der Waals surface area (Å²) in [4.78, 5) is 12.7. The Bertz CT molecular complexity index is 918. The minimum absolute atomic E-state index is 0.0784. The molecule has 0 N–H and O–H groups in total. The van der Waals surface area contributed by atoms with Gasteiger partial charge in [-0.25, -0.2) is 0 Å². The molecule has 0 bridgehead atoms. The lowest BCUT2D eigenvalue weighted by Crippen LogP contribution is -2.15. The van der Waals surface area contributed by atoms with Crippen LogP contribution in [-0.2, 0) is 5.41 Å². The van der Waals surface area contributed by atoms with Gasteiger partial charge in [0.2, 0.25) is 0 Å².